The second-order valence-corrected chi connectivity index (χ2v) is 8.05. The van der Waals surface area contributed by atoms with Gasteiger partial charge in [-0.3, -0.25) is 4.90 Å². The van der Waals surface area contributed by atoms with E-state index in [0.717, 1.165) is 16.9 Å². The molecule has 0 spiro atoms. The standard InChI is InChI=1S/C16H25N4OPS2/c1-12(20-8-2-3-9-20)10-21-14-6-4-13(5-7-14)18-16(23)19-15(17)24-11-22/h4-7,12H,2-3,8-11,22H2,1H3,(H3,17,18,19,23)/t12-/m1/s1. The van der Waals surface area contributed by atoms with Crippen LogP contribution in [-0.4, -0.2) is 46.4 Å². The van der Waals surface area contributed by atoms with Gasteiger partial charge in [-0.2, -0.15) is 4.99 Å². The van der Waals surface area contributed by atoms with E-state index in [1.165, 1.54) is 37.7 Å². The van der Waals surface area contributed by atoms with Crippen molar-refractivity contribution < 1.29 is 4.74 Å². The minimum Gasteiger partial charge on any atom is -0.492 e. The summed E-state index contributed by atoms with van der Waals surface area (Å²) in [6.07, 6.45) is 2.60. The minimum atomic E-state index is 0.356. The van der Waals surface area contributed by atoms with Crippen LogP contribution in [0.2, 0.25) is 0 Å². The summed E-state index contributed by atoms with van der Waals surface area (Å²) in [4.78, 5) is 6.59. The van der Waals surface area contributed by atoms with Crippen molar-refractivity contribution in [3.8, 4) is 5.75 Å². The first-order valence-electron chi connectivity index (χ1n) is 8.03. The summed E-state index contributed by atoms with van der Waals surface area (Å²) in [5, 5.41) is 3.86. The van der Waals surface area contributed by atoms with Crippen LogP contribution in [-0.2, 0) is 0 Å². The predicted molar refractivity (Wildman–Crippen MR) is 112 cm³/mol. The lowest BCUT2D eigenvalue weighted by Gasteiger charge is -2.23. The van der Waals surface area contributed by atoms with Crippen LogP contribution in [0.5, 0.6) is 5.75 Å². The first-order valence-corrected chi connectivity index (χ1v) is 10.2. The number of ether oxygens (including phenoxy) is 1. The molecule has 2 atom stereocenters. The van der Waals surface area contributed by atoms with Gasteiger partial charge in [-0.1, -0.05) is 11.8 Å². The Hall–Kier alpha value is -0.880. The average Bonchev–Trinajstić information content (AvgIpc) is 3.08. The Morgan fingerprint density at radius 1 is 1.42 bits per heavy atom. The predicted octanol–water partition coefficient (Wildman–Crippen LogP) is 3.13. The summed E-state index contributed by atoms with van der Waals surface area (Å²) >= 11 is 6.60. The number of hydrogen-bond donors (Lipinski definition) is 2. The molecular weight excluding hydrogens is 359 g/mol. The van der Waals surface area contributed by atoms with E-state index >= 15 is 0 Å². The van der Waals surface area contributed by atoms with E-state index in [-0.39, 0.29) is 0 Å². The van der Waals surface area contributed by atoms with Crippen LogP contribution >= 0.6 is 33.2 Å². The van der Waals surface area contributed by atoms with Crippen LogP contribution in [0.4, 0.5) is 5.69 Å². The van der Waals surface area contributed by atoms with Gasteiger partial charge >= 0.3 is 0 Å². The van der Waals surface area contributed by atoms with E-state index in [4.69, 9.17) is 22.7 Å². The number of rotatable bonds is 6. The number of benzene rings is 1. The van der Waals surface area contributed by atoms with E-state index in [9.17, 15) is 0 Å². The second kappa shape index (κ2) is 10.2. The molecule has 0 amide bonds. The summed E-state index contributed by atoms with van der Waals surface area (Å²) in [7, 11) is 2.58. The van der Waals surface area contributed by atoms with Gasteiger partial charge in [0, 0.05) is 17.2 Å². The number of thiocarbonyl (C=S) groups is 1. The largest absolute Gasteiger partial charge is 0.492 e. The van der Waals surface area contributed by atoms with Gasteiger partial charge in [-0.25, -0.2) is 0 Å². The molecule has 1 aromatic carbocycles. The Morgan fingerprint density at radius 2 is 2.08 bits per heavy atom. The molecule has 0 aromatic heterocycles. The lowest BCUT2D eigenvalue weighted by atomic mass is 10.3. The normalized spacial score (nSPS) is 16.8. The Labute approximate surface area is 156 Å². The highest BCUT2D eigenvalue weighted by Gasteiger charge is 2.18. The topological polar surface area (TPSA) is 62.9 Å². The maximum Gasteiger partial charge on any atom is 0.199 e. The Morgan fingerprint density at radius 3 is 2.71 bits per heavy atom. The molecule has 1 aromatic rings. The Bertz CT molecular complexity index is 562. The minimum absolute atomic E-state index is 0.356. The van der Waals surface area contributed by atoms with Crippen molar-refractivity contribution in [2.75, 3.05) is 30.5 Å². The van der Waals surface area contributed by atoms with Crippen molar-refractivity contribution in [2.24, 2.45) is 10.7 Å². The van der Waals surface area contributed by atoms with Gasteiger partial charge in [-0.05, 0) is 69.3 Å². The summed E-state index contributed by atoms with van der Waals surface area (Å²) in [5.41, 5.74) is 7.39. The van der Waals surface area contributed by atoms with Crippen molar-refractivity contribution in [3.63, 3.8) is 0 Å². The van der Waals surface area contributed by atoms with Crippen molar-refractivity contribution in [2.45, 2.75) is 25.8 Å². The SMILES string of the molecule is C[C@H](COc1ccc(NC(=S)/N=C(\N)SCP)cc1)N1CCCC1. The molecule has 1 aliphatic heterocycles. The zero-order valence-corrected chi connectivity index (χ0v) is 16.7. The molecule has 1 fully saturated rings. The average molecular weight is 385 g/mol. The maximum absolute atomic E-state index is 5.88. The number of amidine groups is 1. The van der Waals surface area contributed by atoms with E-state index in [0.29, 0.717) is 22.9 Å². The van der Waals surface area contributed by atoms with Crippen molar-refractivity contribution in [1.29, 1.82) is 0 Å². The molecule has 1 saturated heterocycles. The zero-order valence-electron chi connectivity index (χ0n) is 13.9. The van der Waals surface area contributed by atoms with Gasteiger partial charge in [0.2, 0.25) is 0 Å². The Kier molecular flexibility index (Phi) is 8.25. The first kappa shape index (κ1) is 19.4. The summed E-state index contributed by atoms with van der Waals surface area (Å²) in [6.45, 7) is 5.29. The van der Waals surface area contributed by atoms with Crippen molar-refractivity contribution in [1.82, 2.24) is 4.90 Å². The van der Waals surface area contributed by atoms with E-state index < -0.39 is 0 Å². The molecule has 3 N–H and O–H groups in total. The fraction of sp³-hybridized carbons (Fsp3) is 0.500. The van der Waals surface area contributed by atoms with E-state index in [1.807, 2.05) is 24.3 Å². The zero-order chi connectivity index (χ0) is 17.4. The fourth-order valence-electron chi connectivity index (χ4n) is 2.51. The van der Waals surface area contributed by atoms with Gasteiger partial charge in [-0.15, -0.1) is 9.24 Å². The number of anilines is 1. The third-order valence-electron chi connectivity index (χ3n) is 3.80. The monoisotopic (exact) mass is 384 g/mol. The van der Waals surface area contributed by atoms with Crippen LogP contribution in [0, 0.1) is 0 Å². The molecule has 0 aliphatic carbocycles. The van der Waals surface area contributed by atoms with Gasteiger partial charge in [0.15, 0.2) is 10.3 Å². The quantitative estimate of drug-likeness (QED) is 0.340. The molecule has 2 rings (SSSR count). The number of nitrogens with zero attached hydrogens (tertiary/aromatic N) is 2. The fourth-order valence-corrected chi connectivity index (χ4v) is 3.62. The molecule has 0 saturated carbocycles. The summed E-state index contributed by atoms with van der Waals surface area (Å²) < 4.78 is 5.88. The molecule has 0 bridgehead atoms. The molecule has 132 valence electrons. The van der Waals surface area contributed by atoms with Crippen LogP contribution in [0.15, 0.2) is 29.3 Å². The molecule has 1 aliphatic rings. The van der Waals surface area contributed by atoms with Crippen LogP contribution in [0.3, 0.4) is 0 Å². The van der Waals surface area contributed by atoms with Gasteiger partial charge in [0.1, 0.15) is 12.4 Å². The van der Waals surface area contributed by atoms with Gasteiger partial charge < -0.3 is 15.8 Å². The van der Waals surface area contributed by atoms with Crippen LogP contribution in [0.25, 0.3) is 0 Å². The molecule has 0 radical (unpaired) electrons. The van der Waals surface area contributed by atoms with Crippen molar-refractivity contribution >= 4 is 49.2 Å². The molecule has 24 heavy (non-hydrogen) atoms. The van der Waals surface area contributed by atoms with Crippen LogP contribution in [0.1, 0.15) is 19.8 Å². The third-order valence-corrected chi connectivity index (χ3v) is 5.05. The highest BCUT2D eigenvalue weighted by Crippen LogP contribution is 2.18. The Balaban J connectivity index is 1.79. The number of aliphatic imine (C=N–C) groups is 1. The van der Waals surface area contributed by atoms with Gasteiger partial charge in [0.05, 0.1) is 0 Å². The molecular formula is C16H25N4OPS2. The van der Waals surface area contributed by atoms with E-state index in [2.05, 4.69) is 31.4 Å². The highest BCUT2D eigenvalue weighted by molar-refractivity contribution is 8.16. The van der Waals surface area contributed by atoms with Crippen molar-refractivity contribution in [3.05, 3.63) is 24.3 Å². The number of nitrogens with two attached hydrogens (primary N) is 1. The number of thioether (sulfide) groups is 1. The molecule has 5 nitrogen and oxygen atoms in total. The lowest BCUT2D eigenvalue weighted by Crippen LogP contribution is -2.34. The third kappa shape index (κ3) is 6.55. The molecule has 1 unspecified atom stereocenters. The number of hydrogen-bond acceptors (Lipinski definition) is 4. The number of nitrogens with one attached hydrogen (secondary N) is 1. The van der Waals surface area contributed by atoms with Gasteiger partial charge in [0.25, 0.3) is 0 Å². The lowest BCUT2D eigenvalue weighted by molar-refractivity contribution is 0.172. The molecule has 1 heterocycles. The maximum atomic E-state index is 5.88. The summed E-state index contributed by atoms with van der Waals surface area (Å²) in [6, 6.07) is 8.18. The molecule has 8 heteroatoms. The number of likely N-dealkylation sites (tertiary alicyclic amines) is 1. The first-order chi connectivity index (χ1) is 11.6. The summed E-state index contributed by atoms with van der Waals surface area (Å²) in [5.74, 6) is 0.860. The second-order valence-electron chi connectivity index (χ2n) is 5.62. The smallest absolute Gasteiger partial charge is 0.199 e. The highest BCUT2D eigenvalue weighted by atomic mass is 32.2. The van der Waals surface area contributed by atoms with E-state index in [1.54, 1.807) is 0 Å². The van der Waals surface area contributed by atoms with Crippen LogP contribution < -0.4 is 15.8 Å².